The van der Waals surface area contributed by atoms with Gasteiger partial charge in [0, 0.05) is 13.1 Å². The van der Waals surface area contributed by atoms with E-state index < -0.39 is 0 Å². The van der Waals surface area contributed by atoms with Crippen LogP contribution >= 0.6 is 0 Å². The minimum absolute atomic E-state index is 0.0610. The molecule has 2 unspecified atom stereocenters. The number of hydrogen-bond donors (Lipinski definition) is 3. The molecule has 0 aromatic rings. The molecule has 90 valence electrons. The van der Waals surface area contributed by atoms with E-state index in [0.717, 1.165) is 24.9 Å². The van der Waals surface area contributed by atoms with Crippen molar-refractivity contribution in [3.05, 3.63) is 0 Å². The third-order valence-corrected chi connectivity index (χ3v) is 3.62. The first-order chi connectivity index (χ1) is 7.70. The molecule has 5 N–H and O–H groups in total. The van der Waals surface area contributed by atoms with Gasteiger partial charge in [-0.1, -0.05) is 6.42 Å². The van der Waals surface area contributed by atoms with Crippen molar-refractivity contribution in [1.29, 1.82) is 0 Å². The van der Waals surface area contributed by atoms with Gasteiger partial charge >= 0.3 is 0 Å². The molecule has 16 heavy (non-hydrogen) atoms. The Hall–Kier alpha value is -1.30. The number of nitrogens with zero attached hydrogens (tertiary/aromatic N) is 2. The summed E-state index contributed by atoms with van der Waals surface area (Å²) >= 11 is 0. The zero-order valence-electron chi connectivity index (χ0n) is 9.35. The highest BCUT2D eigenvalue weighted by molar-refractivity contribution is 5.98. The van der Waals surface area contributed by atoms with Crippen LogP contribution in [0.2, 0.25) is 0 Å². The lowest BCUT2D eigenvalue weighted by molar-refractivity contribution is -0.129. The van der Waals surface area contributed by atoms with Crippen LogP contribution in [0.3, 0.4) is 0 Å². The molecular weight excluding hydrogens is 206 g/mol. The summed E-state index contributed by atoms with van der Waals surface area (Å²) in [5, 5.41) is 3.58. The number of carbonyl (C=O) groups is 1. The molecule has 2 fully saturated rings. The van der Waals surface area contributed by atoms with Crippen LogP contribution in [-0.2, 0) is 4.79 Å². The Balaban J connectivity index is 1.85. The van der Waals surface area contributed by atoms with Gasteiger partial charge in [-0.15, -0.1) is 0 Å². The largest absolute Gasteiger partial charge is 0.385 e. The molecule has 2 aliphatic rings. The van der Waals surface area contributed by atoms with E-state index in [9.17, 15) is 4.79 Å². The van der Waals surface area contributed by atoms with Crippen LogP contribution in [0.15, 0.2) is 5.10 Å². The number of fused-ring (bicyclic) bond motifs is 1. The number of carbonyl (C=O) groups excluding carboxylic acids is 1. The molecule has 1 aliphatic carbocycles. The van der Waals surface area contributed by atoms with Crippen molar-refractivity contribution in [2.45, 2.75) is 25.7 Å². The topological polar surface area (TPSA) is 96.7 Å². The van der Waals surface area contributed by atoms with Crippen LogP contribution < -0.4 is 17.1 Å². The number of likely N-dealkylation sites (tertiary alicyclic amines) is 1. The Bertz CT molecular complexity index is 292. The molecule has 6 heteroatoms. The Labute approximate surface area is 95.0 Å². The first kappa shape index (κ1) is 11.2. The van der Waals surface area contributed by atoms with E-state index >= 15 is 0 Å². The van der Waals surface area contributed by atoms with Crippen LogP contribution in [0.25, 0.3) is 0 Å². The molecule has 1 amide bonds. The predicted molar refractivity (Wildman–Crippen MR) is 61.0 cm³/mol. The van der Waals surface area contributed by atoms with E-state index in [0.29, 0.717) is 0 Å². The summed E-state index contributed by atoms with van der Waals surface area (Å²) in [4.78, 5) is 13.8. The molecular formula is C10H19N5O. The second-order valence-electron chi connectivity index (χ2n) is 4.66. The van der Waals surface area contributed by atoms with E-state index in [1.165, 1.54) is 19.3 Å². The summed E-state index contributed by atoms with van der Waals surface area (Å²) in [6, 6.07) is 0. The first-order valence-corrected chi connectivity index (χ1v) is 5.76. The number of hydrazone groups is 1. The quantitative estimate of drug-likeness (QED) is 0.258. The van der Waals surface area contributed by atoms with Gasteiger partial charge in [0.15, 0.2) is 0 Å². The van der Waals surface area contributed by atoms with E-state index in [1.807, 2.05) is 4.90 Å². The smallest absolute Gasteiger partial charge is 0.230 e. The molecule has 0 aromatic heterocycles. The predicted octanol–water partition coefficient (Wildman–Crippen LogP) is -0.630. The maximum absolute atomic E-state index is 11.9. The fourth-order valence-corrected chi connectivity index (χ4v) is 2.83. The Morgan fingerprint density at radius 2 is 2.00 bits per heavy atom. The number of nitrogens with one attached hydrogen (secondary N) is 1. The van der Waals surface area contributed by atoms with E-state index in [2.05, 4.69) is 10.6 Å². The molecule has 0 radical (unpaired) electrons. The summed E-state index contributed by atoms with van der Waals surface area (Å²) < 4.78 is 0. The molecule has 6 nitrogen and oxygen atoms in total. The normalized spacial score (nSPS) is 29.3. The Kier molecular flexibility index (Phi) is 3.28. The fourth-order valence-electron chi connectivity index (χ4n) is 2.83. The van der Waals surface area contributed by atoms with Gasteiger partial charge in [-0.25, -0.2) is 11.4 Å². The van der Waals surface area contributed by atoms with E-state index in [-0.39, 0.29) is 18.2 Å². The van der Waals surface area contributed by atoms with Gasteiger partial charge in [0.2, 0.25) is 5.91 Å². The maximum atomic E-state index is 11.9. The number of amides is 1. The lowest BCUT2D eigenvalue weighted by atomic mass is 10.0. The van der Waals surface area contributed by atoms with Gasteiger partial charge in [0.25, 0.3) is 0 Å². The first-order valence-electron chi connectivity index (χ1n) is 5.76. The molecule has 1 saturated carbocycles. The lowest BCUT2D eigenvalue weighted by Crippen LogP contribution is -2.34. The van der Waals surface area contributed by atoms with Gasteiger partial charge in [-0.05, 0) is 24.7 Å². The Morgan fingerprint density at radius 1 is 1.38 bits per heavy atom. The van der Waals surface area contributed by atoms with Crippen molar-refractivity contribution < 1.29 is 4.79 Å². The molecule has 0 aromatic carbocycles. The van der Waals surface area contributed by atoms with Gasteiger partial charge in [0.1, 0.15) is 5.84 Å². The molecule has 2 rings (SSSR count). The Morgan fingerprint density at radius 3 is 2.56 bits per heavy atom. The van der Waals surface area contributed by atoms with Crippen molar-refractivity contribution >= 4 is 11.7 Å². The minimum Gasteiger partial charge on any atom is -0.385 e. The van der Waals surface area contributed by atoms with Gasteiger partial charge in [-0.2, -0.15) is 5.10 Å². The molecule has 1 saturated heterocycles. The number of nitrogens with two attached hydrogens (primary N) is 2. The van der Waals surface area contributed by atoms with Crippen LogP contribution in [0, 0.1) is 11.8 Å². The zero-order chi connectivity index (χ0) is 11.5. The second kappa shape index (κ2) is 4.69. The van der Waals surface area contributed by atoms with Gasteiger partial charge in [0.05, 0.1) is 6.42 Å². The SMILES string of the molecule is NN/N=C(\N)CC(=O)N1CC2CCCC2C1. The van der Waals surface area contributed by atoms with Crippen molar-refractivity contribution in [3.63, 3.8) is 0 Å². The fraction of sp³-hybridized carbons (Fsp3) is 0.800. The second-order valence-corrected chi connectivity index (χ2v) is 4.66. The van der Waals surface area contributed by atoms with Crippen molar-refractivity contribution in [3.8, 4) is 0 Å². The molecule has 1 heterocycles. The minimum atomic E-state index is 0.0610. The van der Waals surface area contributed by atoms with Crippen molar-refractivity contribution in [1.82, 2.24) is 10.4 Å². The molecule has 0 spiro atoms. The van der Waals surface area contributed by atoms with Gasteiger partial charge in [-0.3, -0.25) is 4.79 Å². The van der Waals surface area contributed by atoms with E-state index in [1.54, 1.807) is 0 Å². The molecule has 1 aliphatic heterocycles. The van der Waals surface area contributed by atoms with Crippen molar-refractivity contribution in [2.24, 2.45) is 28.5 Å². The third-order valence-electron chi connectivity index (χ3n) is 3.62. The van der Waals surface area contributed by atoms with Crippen molar-refractivity contribution in [2.75, 3.05) is 13.1 Å². The average Bonchev–Trinajstić information content (AvgIpc) is 2.76. The monoisotopic (exact) mass is 225 g/mol. The zero-order valence-corrected chi connectivity index (χ0v) is 9.35. The summed E-state index contributed by atoms with van der Waals surface area (Å²) in [5.74, 6) is 6.73. The number of hydrazine groups is 1. The molecule has 2 atom stereocenters. The van der Waals surface area contributed by atoms with E-state index in [4.69, 9.17) is 11.6 Å². The van der Waals surface area contributed by atoms with Crippen LogP contribution in [0.1, 0.15) is 25.7 Å². The molecule has 0 bridgehead atoms. The summed E-state index contributed by atoms with van der Waals surface area (Å²) in [6.07, 6.45) is 4.01. The van der Waals surface area contributed by atoms with Crippen LogP contribution in [-0.4, -0.2) is 29.7 Å². The van der Waals surface area contributed by atoms with Crippen LogP contribution in [0.4, 0.5) is 0 Å². The summed E-state index contributed by atoms with van der Waals surface area (Å²) in [6.45, 7) is 1.79. The summed E-state index contributed by atoms with van der Waals surface area (Å²) in [7, 11) is 0. The standard InChI is InChI=1S/C10H19N5O/c11-9(13-14-12)4-10(16)15-5-7-2-1-3-8(7)6-15/h7-8,14H,1-6,12H2,(H2,11,13). The van der Waals surface area contributed by atoms with Crippen LogP contribution in [0.5, 0.6) is 0 Å². The highest BCUT2D eigenvalue weighted by Crippen LogP contribution is 2.37. The average molecular weight is 225 g/mol. The number of rotatable bonds is 3. The number of amidine groups is 1. The third kappa shape index (κ3) is 2.27. The highest BCUT2D eigenvalue weighted by atomic mass is 16.2. The lowest BCUT2D eigenvalue weighted by Gasteiger charge is -2.16. The summed E-state index contributed by atoms with van der Waals surface area (Å²) in [5.41, 5.74) is 7.62. The highest BCUT2D eigenvalue weighted by Gasteiger charge is 2.37. The number of hydrogen-bond acceptors (Lipinski definition) is 4. The maximum Gasteiger partial charge on any atom is 0.230 e. The van der Waals surface area contributed by atoms with Gasteiger partial charge < -0.3 is 10.6 Å².